The van der Waals surface area contributed by atoms with Crippen molar-refractivity contribution in [3.05, 3.63) is 33.5 Å². The number of carboxylic acid groups (broad SMARTS) is 1. The molecule has 0 unspecified atom stereocenters. The molecule has 0 aliphatic rings. The average Bonchev–Trinajstić information content (AvgIpc) is 3.06. The molecule has 0 fully saturated rings. The monoisotopic (exact) mass is 293 g/mol. The number of aromatic amines is 1. The second-order valence-electron chi connectivity index (χ2n) is 3.64. The highest BCUT2D eigenvalue weighted by molar-refractivity contribution is 7.10. The number of carbonyl (C=O) groups is 2. The van der Waals surface area contributed by atoms with E-state index < -0.39 is 11.9 Å². The molecular weight excluding hydrogens is 282 g/mol. The summed E-state index contributed by atoms with van der Waals surface area (Å²) in [7, 11) is 0. The van der Waals surface area contributed by atoms with Crippen LogP contribution in [0.25, 0.3) is 12.2 Å². The molecule has 8 heteroatoms. The molecule has 20 heavy (non-hydrogen) atoms. The van der Waals surface area contributed by atoms with Crippen molar-refractivity contribution >= 4 is 35.4 Å². The molecule has 2 aromatic rings. The SMILES string of the molecule is CCOC(=O)c1cc(/C=C/c2nc(C(=O)O)cs2)[nH]n1. The number of hydrogen-bond acceptors (Lipinski definition) is 6. The third-order valence-electron chi connectivity index (χ3n) is 2.23. The molecule has 2 rings (SSSR count). The summed E-state index contributed by atoms with van der Waals surface area (Å²) >= 11 is 1.21. The van der Waals surface area contributed by atoms with Crippen molar-refractivity contribution in [1.82, 2.24) is 15.2 Å². The van der Waals surface area contributed by atoms with Gasteiger partial charge in [-0.25, -0.2) is 14.6 Å². The maximum atomic E-state index is 11.4. The molecule has 0 aliphatic heterocycles. The number of aromatic nitrogens is 3. The van der Waals surface area contributed by atoms with Gasteiger partial charge in [0.1, 0.15) is 5.01 Å². The number of thiazole rings is 1. The predicted octanol–water partition coefficient (Wildman–Crippen LogP) is 1.91. The van der Waals surface area contributed by atoms with Crippen molar-refractivity contribution in [2.45, 2.75) is 6.92 Å². The standard InChI is InChI=1S/C12H11N3O4S/c1-2-19-12(18)8-5-7(14-15-8)3-4-10-13-9(6-20-10)11(16)17/h3-6H,2H2,1H3,(H,14,15)(H,16,17)/b4-3+. The molecule has 0 amide bonds. The van der Waals surface area contributed by atoms with Gasteiger partial charge in [0, 0.05) is 5.38 Å². The zero-order valence-corrected chi connectivity index (χ0v) is 11.3. The fraction of sp³-hybridized carbons (Fsp3) is 0.167. The fourth-order valence-electron chi connectivity index (χ4n) is 1.36. The van der Waals surface area contributed by atoms with Gasteiger partial charge in [0.2, 0.25) is 0 Å². The molecule has 0 bridgehead atoms. The second kappa shape index (κ2) is 6.11. The summed E-state index contributed by atoms with van der Waals surface area (Å²) in [6.07, 6.45) is 3.29. The number of hydrogen-bond donors (Lipinski definition) is 2. The summed E-state index contributed by atoms with van der Waals surface area (Å²) < 4.78 is 4.81. The zero-order chi connectivity index (χ0) is 14.5. The molecule has 0 atom stereocenters. The molecule has 2 heterocycles. The van der Waals surface area contributed by atoms with Crippen LogP contribution in [0.5, 0.6) is 0 Å². The normalized spacial score (nSPS) is 10.8. The maximum Gasteiger partial charge on any atom is 0.358 e. The number of carbonyl (C=O) groups excluding carboxylic acids is 1. The van der Waals surface area contributed by atoms with Gasteiger partial charge in [-0.3, -0.25) is 5.10 Å². The van der Waals surface area contributed by atoms with E-state index in [9.17, 15) is 9.59 Å². The Hall–Kier alpha value is -2.48. The van der Waals surface area contributed by atoms with E-state index in [0.717, 1.165) is 0 Å². The van der Waals surface area contributed by atoms with E-state index in [-0.39, 0.29) is 18.0 Å². The van der Waals surface area contributed by atoms with E-state index in [0.29, 0.717) is 10.7 Å². The van der Waals surface area contributed by atoms with E-state index >= 15 is 0 Å². The van der Waals surface area contributed by atoms with Crippen molar-refractivity contribution in [3.8, 4) is 0 Å². The lowest BCUT2D eigenvalue weighted by Crippen LogP contribution is -2.04. The van der Waals surface area contributed by atoms with Crippen molar-refractivity contribution < 1.29 is 19.4 Å². The van der Waals surface area contributed by atoms with Gasteiger partial charge in [0.05, 0.1) is 12.3 Å². The number of ether oxygens (including phenoxy) is 1. The number of nitrogens with zero attached hydrogens (tertiary/aromatic N) is 2. The number of esters is 1. The van der Waals surface area contributed by atoms with Gasteiger partial charge in [0.15, 0.2) is 11.4 Å². The van der Waals surface area contributed by atoms with Gasteiger partial charge in [0.25, 0.3) is 0 Å². The molecule has 2 aromatic heterocycles. The molecule has 7 nitrogen and oxygen atoms in total. The lowest BCUT2D eigenvalue weighted by atomic mass is 10.3. The lowest BCUT2D eigenvalue weighted by molar-refractivity contribution is 0.0519. The highest BCUT2D eigenvalue weighted by Crippen LogP contribution is 2.13. The van der Waals surface area contributed by atoms with Gasteiger partial charge in [-0.15, -0.1) is 11.3 Å². The third-order valence-corrected chi connectivity index (χ3v) is 3.04. The topological polar surface area (TPSA) is 105 Å². The van der Waals surface area contributed by atoms with Crippen LogP contribution in [-0.2, 0) is 4.74 Å². The van der Waals surface area contributed by atoms with Crippen LogP contribution < -0.4 is 0 Å². The molecule has 0 saturated carbocycles. The highest BCUT2D eigenvalue weighted by atomic mass is 32.1. The van der Waals surface area contributed by atoms with Crippen LogP contribution in [0.15, 0.2) is 11.4 Å². The van der Waals surface area contributed by atoms with E-state index in [4.69, 9.17) is 9.84 Å². The van der Waals surface area contributed by atoms with Crippen LogP contribution in [0.4, 0.5) is 0 Å². The molecule has 0 aliphatic carbocycles. The number of H-pyrrole nitrogens is 1. The van der Waals surface area contributed by atoms with Crippen LogP contribution in [0.2, 0.25) is 0 Å². The number of carboxylic acids is 1. The second-order valence-corrected chi connectivity index (χ2v) is 4.53. The highest BCUT2D eigenvalue weighted by Gasteiger charge is 2.10. The van der Waals surface area contributed by atoms with Crippen LogP contribution in [0, 0.1) is 0 Å². The maximum absolute atomic E-state index is 11.4. The summed E-state index contributed by atoms with van der Waals surface area (Å²) in [5, 5.41) is 17.2. The van der Waals surface area contributed by atoms with Gasteiger partial charge >= 0.3 is 11.9 Å². The van der Waals surface area contributed by atoms with Gasteiger partial charge in [-0.1, -0.05) is 0 Å². The van der Waals surface area contributed by atoms with Crippen LogP contribution in [-0.4, -0.2) is 38.8 Å². The van der Waals surface area contributed by atoms with Crippen molar-refractivity contribution in [1.29, 1.82) is 0 Å². The summed E-state index contributed by atoms with van der Waals surface area (Å²) in [6, 6.07) is 1.54. The Balaban J connectivity index is 2.07. The smallest absolute Gasteiger partial charge is 0.358 e. The Labute approximate surface area is 117 Å². The summed E-state index contributed by atoms with van der Waals surface area (Å²) in [5.74, 6) is -1.56. The Morgan fingerprint density at radius 3 is 2.90 bits per heavy atom. The minimum absolute atomic E-state index is 0.00599. The average molecular weight is 293 g/mol. The van der Waals surface area contributed by atoms with Crippen molar-refractivity contribution in [3.63, 3.8) is 0 Å². The predicted molar refractivity (Wildman–Crippen MR) is 72.5 cm³/mol. The number of rotatable bonds is 5. The number of nitrogens with one attached hydrogen (secondary N) is 1. The minimum atomic E-state index is -1.06. The Bertz CT molecular complexity index is 659. The first-order valence-corrected chi connectivity index (χ1v) is 6.57. The van der Waals surface area contributed by atoms with Gasteiger partial charge in [-0.05, 0) is 25.1 Å². The molecule has 0 spiro atoms. The molecule has 0 aromatic carbocycles. The molecule has 0 radical (unpaired) electrons. The van der Waals surface area contributed by atoms with Crippen molar-refractivity contribution in [2.24, 2.45) is 0 Å². The van der Waals surface area contributed by atoms with E-state index in [1.165, 1.54) is 16.7 Å². The molecule has 104 valence electrons. The largest absolute Gasteiger partial charge is 0.476 e. The Morgan fingerprint density at radius 2 is 2.25 bits per heavy atom. The molecule has 2 N–H and O–H groups in total. The summed E-state index contributed by atoms with van der Waals surface area (Å²) in [6.45, 7) is 2.00. The first-order chi connectivity index (χ1) is 9.60. The lowest BCUT2D eigenvalue weighted by Gasteiger charge is -1.94. The van der Waals surface area contributed by atoms with Gasteiger partial charge < -0.3 is 9.84 Å². The fourth-order valence-corrected chi connectivity index (χ4v) is 2.04. The molecular formula is C12H11N3O4S. The van der Waals surface area contributed by atoms with Gasteiger partial charge in [-0.2, -0.15) is 5.10 Å². The van der Waals surface area contributed by atoms with E-state index in [2.05, 4.69) is 15.2 Å². The summed E-state index contributed by atoms with van der Waals surface area (Å²) in [5.41, 5.74) is 0.795. The first kappa shape index (κ1) is 13.9. The van der Waals surface area contributed by atoms with Crippen LogP contribution in [0.1, 0.15) is 38.6 Å². The quantitative estimate of drug-likeness (QED) is 0.816. The van der Waals surface area contributed by atoms with Crippen LogP contribution in [0.3, 0.4) is 0 Å². The third kappa shape index (κ3) is 3.29. The van der Waals surface area contributed by atoms with Crippen LogP contribution >= 0.6 is 11.3 Å². The summed E-state index contributed by atoms with van der Waals surface area (Å²) in [4.78, 5) is 26.0. The Kier molecular flexibility index (Phi) is 4.26. The molecule has 0 saturated heterocycles. The number of aromatic carboxylic acids is 1. The van der Waals surface area contributed by atoms with E-state index in [1.807, 2.05) is 0 Å². The Morgan fingerprint density at radius 1 is 1.45 bits per heavy atom. The van der Waals surface area contributed by atoms with Crippen molar-refractivity contribution in [2.75, 3.05) is 6.61 Å². The zero-order valence-electron chi connectivity index (χ0n) is 10.5. The first-order valence-electron chi connectivity index (χ1n) is 5.69. The minimum Gasteiger partial charge on any atom is -0.476 e. The van der Waals surface area contributed by atoms with E-state index in [1.54, 1.807) is 25.1 Å².